The van der Waals surface area contributed by atoms with E-state index in [4.69, 9.17) is 5.11 Å². The van der Waals surface area contributed by atoms with Crippen LogP contribution in [-0.4, -0.2) is 10.4 Å². The highest BCUT2D eigenvalue weighted by Crippen LogP contribution is 2.16. The number of aliphatic hydroxyl groups is 1. The molecule has 1 aromatic carbocycles. The van der Waals surface area contributed by atoms with E-state index in [0.717, 1.165) is 17.3 Å². The molecule has 0 spiro atoms. The molecule has 1 unspecified atom stereocenters. The molecular weight excluding hydrogens is 240 g/mol. The molecular formula is C12H15BrO. The summed E-state index contributed by atoms with van der Waals surface area (Å²) in [5.74, 6) is 0.433. The molecule has 1 aromatic rings. The lowest BCUT2D eigenvalue weighted by molar-refractivity contribution is 0.280. The van der Waals surface area contributed by atoms with Crippen LogP contribution in [0.4, 0.5) is 0 Å². The second-order valence-electron chi connectivity index (χ2n) is 3.28. The van der Waals surface area contributed by atoms with Crippen LogP contribution in [0.25, 0.3) is 0 Å². The summed E-state index contributed by atoms with van der Waals surface area (Å²) in [7, 11) is 0. The SMILES string of the molecule is C=CC(CBr)Cc1ccccc1CO. The first-order valence-corrected chi connectivity index (χ1v) is 5.80. The van der Waals surface area contributed by atoms with Crippen molar-refractivity contribution < 1.29 is 5.11 Å². The Morgan fingerprint density at radius 1 is 1.36 bits per heavy atom. The molecule has 0 saturated carbocycles. The maximum Gasteiger partial charge on any atom is 0.0684 e. The smallest absolute Gasteiger partial charge is 0.0684 e. The first-order valence-electron chi connectivity index (χ1n) is 4.68. The molecule has 0 bridgehead atoms. The molecule has 1 N–H and O–H groups in total. The number of aliphatic hydroxyl groups excluding tert-OH is 1. The first-order chi connectivity index (χ1) is 6.81. The van der Waals surface area contributed by atoms with Gasteiger partial charge in [0.1, 0.15) is 0 Å². The van der Waals surface area contributed by atoms with Gasteiger partial charge in [0.2, 0.25) is 0 Å². The van der Waals surface area contributed by atoms with Crippen molar-refractivity contribution >= 4 is 15.9 Å². The average Bonchev–Trinajstić information content (AvgIpc) is 2.26. The van der Waals surface area contributed by atoms with Crippen LogP contribution >= 0.6 is 15.9 Å². The predicted octanol–water partition coefficient (Wildman–Crippen LogP) is 2.92. The van der Waals surface area contributed by atoms with Crippen LogP contribution in [-0.2, 0) is 13.0 Å². The molecule has 0 heterocycles. The maximum atomic E-state index is 9.14. The number of hydrogen-bond acceptors (Lipinski definition) is 1. The summed E-state index contributed by atoms with van der Waals surface area (Å²) in [5, 5.41) is 10.1. The molecule has 2 heteroatoms. The van der Waals surface area contributed by atoms with Gasteiger partial charge in [-0.05, 0) is 23.5 Å². The Morgan fingerprint density at radius 3 is 2.50 bits per heavy atom. The Balaban J connectivity index is 2.78. The van der Waals surface area contributed by atoms with Crippen molar-refractivity contribution in [2.24, 2.45) is 5.92 Å². The van der Waals surface area contributed by atoms with Crippen molar-refractivity contribution in [2.75, 3.05) is 5.33 Å². The van der Waals surface area contributed by atoms with E-state index in [9.17, 15) is 0 Å². The quantitative estimate of drug-likeness (QED) is 0.633. The fraction of sp³-hybridized carbons (Fsp3) is 0.333. The lowest BCUT2D eigenvalue weighted by atomic mass is 9.97. The van der Waals surface area contributed by atoms with Gasteiger partial charge in [-0.3, -0.25) is 0 Å². The summed E-state index contributed by atoms with van der Waals surface area (Å²) in [6, 6.07) is 7.98. The van der Waals surface area contributed by atoms with E-state index in [1.165, 1.54) is 5.56 Å². The second kappa shape index (κ2) is 5.99. The number of halogens is 1. The minimum Gasteiger partial charge on any atom is -0.392 e. The number of hydrogen-bond donors (Lipinski definition) is 1. The largest absolute Gasteiger partial charge is 0.392 e. The van der Waals surface area contributed by atoms with Gasteiger partial charge < -0.3 is 5.11 Å². The molecule has 0 fully saturated rings. The third-order valence-electron chi connectivity index (χ3n) is 2.30. The van der Waals surface area contributed by atoms with Crippen LogP contribution in [0, 0.1) is 5.92 Å². The van der Waals surface area contributed by atoms with Crippen molar-refractivity contribution in [3.05, 3.63) is 48.0 Å². The summed E-state index contributed by atoms with van der Waals surface area (Å²) in [5.41, 5.74) is 2.22. The lowest BCUT2D eigenvalue weighted by Crippen LogP contribution is -2.04. The Hall–Kier alpha value is -0.600. The highest BCUT2D eigenvalue weighted by atomic mass is 79.9. The van der Waals surface area contributed by atoms with E-state index < -0.39 is 0 Å². The summed E-state index contributed by atoms with van der Waals surface area (Å²) < 4.78 is 0. The molecule has 0 aliphatic heterocycles. The second-order valence-corrected chi connectivity index (χ2v) is 3.93. The van der Waals surface area contributed by atoms with Crippen LogP contribution in [0.5, 0.6) is 0 Å². The molecule has 1 atom stereocenters. The van der Waals surface area contributed by atoms with Gasteiger partial charge in [0.05, 0.1) is 6.61 Å². The molecule has 1 nitrogen and oxygen atoms in total. The Bertz CT molecular complexity index is 296. The van der Waals surface area contributed by atoms with E-state index in [0.29, 0.717) is 5.92 Å². The van der Waals surface area contributed by atoms with Crippen molar-refractivity contribution in [1.29, 1.82) is 0 Å². The topological polar surface area (TPSA) is 20.2 Å². The Kier molecular flexibility index (Phi) is 4.91. The predicted molar refractivity (Wildman–Crippen MR) is 63.5 cm³/mol. The van der Waals surface area contributed by atoms with Crippen molar-refractivity contribution in [2.45, 2.75) is 13.0 Å². The molecule has 14 heavy (non-hydrogen) atoms. The van der Waals surface area contributed by atoms with Crippen molar-refractivity contribution in [3.8, 4) is 0 Å². The lowest BCUT2D eigenvalue weighted by Gasteiger charge is -2.11. The van der Waals surface area contributed by atoms with Gasteiger partial charge in [-0.1, -0.05) is 46.3 Å². The summed E-state index contributed by atoms with van der Waals surface area (Å²) >= 11 is 3.45. The Labute approximate surface area is 93.6 Å². The van der Waals surface area contributed by atoms with Gasteiger partial charge in [0.15, 0.2) is 0 Å². The van der Waals surface area contributed by atoms with Gasteiger partial charge in [-0.25, -0.2) is 0 Å². The van der Waals surface area contributed by atoms with Gasteiger partial charge in [-0.2, -0.15) is 0 Å². The standard InChI is InChI=1S/C12H15BrO/c1-2-10(8-13)7-11-5-3-4-6-12(11)9-14/h2-6,10,14H,1,7-9H2. The molecule has 0 aliphatic carbocycles. The van der Waals surface area contributed by atoms with Gasteiger partial charge in [0, 0.05) is 5.33 Å². The molecule has 0 radical (unpaired) electrons. The van der Waals surface area contributed by atoms with Gasteiger partial charge >= 0.3 is 0 Å². The third-order valence-corrected chi connectivity index (χ3v) is 3.13. The van der Waals surface area contributed by atoms with Crippen LogP contribution in [0.15, 0.2) is 36.9 Å². The third kappa shape index (κ3) is 2.96. The van der Waals surface area contributed by atoms with E-state index in [1.54, 1.807) is 0 Å². The average molecular weight is 255 g/mol. The first kappa shape index (κ1) is 11.5. The van der Waals surface area contributed by atoms with Crippen LogP contribution in [0.3, 0.4) is 0 Å². The zero-order valence-corrected chi connectivity index (χ0v) is 9.70. The van der Waals surface area contributed by atoms with E-state index in [-0.39, 0.29) is 6.61 Å². The highest BCUT2D eigenvalue weighted by Gasteiger charge is 2.06. The summed E-state index contributed by atoms with van der Waals surface area (Å²) in [4.78, 5) is 0. The van der Waals surface area contributed by atoms with Crippen LogP contribution < -0.4 is 0 Å². The maximum absolute atomic E-state index is 9.14. The molecule has 0 amide bonds. The van der Waals surface area contributed by atoms with Gasteiger partial charge in [0.25, 0.3) is 0 Å². The van der Waals surface area contributed by atoms with Crippen LogP contribution in [0.2, 0.25) is 0 Å². The number of rotatable bonds is 5. The summed E-state index contributed by atoms with van der Waals surface area (Å²) in [6.45, 7) is 3.90. The zero-order chi connectivity index (χ0) is 10.4. The van der Waals surface area contributed by atoms with Crippen LogP contribution in [0.1, 0.15) is 11.1 Å². The van der Waals surface area contributed by atoms with E-state index in [1.807, 2.05) is 24.3 Å². The molecule has 0 aromatic heterocycles. The molecule has 0 aliphatic rings. The minimum absolute atomic E-state index is 0.113. The van der Waals surface area contributed by atoms with E-state index >= 15 is 0 Å². The molecule has 1 rings (SSSR count). The number of allylic oxidation sites excluding steroid dienone is 1. The van der Waals surface area contributed by atoms with Crippen molar-refractivity contribution in [1.82, 2.24) is 0 Å². The molecule has 0 saturated heterocycles. The number of alkyl halides is 1. The van der Waals surface area contributed by atoms with Crippen molar-refractivity contribution in [3.63, 3.8) is 0 Å². The number of benzene rings is 1. The fourth-order valence-electron chi connectivity index (χ4n) is 1.39. The summed E-state index contributed by atoms with van der Waals surface area (Å²) in [6.07, 6.45) is 2.88. The normalized spacial score (nSPS) is 12.4. The van der Waals surface area contributed by atoms with E-state index in [2.05, 4.69) is 28.6 Å². The zero-order valence-electron chi connectivity index (χ0n) is 8.12. The fourth-order valence-corrected chi connectivity index (χ4v) is 1.89. The monoisotopic (exact) mass is 254 g/mol. The minimum atomic E-state index is 0.113. The van der Waals surface area contributed by atoms with Gasteiger partial charge in [-0.15, -0.1) is 6.58 Å². The highest BCUT2D eigenvalue weighted by molar-refractivity contribution is 9.09. The Morgan fingerprint density at radius 2 is 2.00 bits per heavy atom. The molecule has 76 valence electrons.